The van der Waals surface area contributed by atoms with Gasteiger partial charge in [-0.3, -0.25) is 0 Å². The van der Waals surface area contributed by atoms with E-state index in [1.165, 1.54) is 11.5 Å². The molecule has 0 saturated carbocycles. The van der Waals surface area contributed by atoms with Gasteiger partial charge in [-0.25, -0.2) is 0 Å². The number of aliphatic hydroxyl groups excluding tert-OH is 1. The third-order valence-electron chi connectivity index (χ3n) is 2.00. The van der Waals surface area contributed by atoms with E-state index < -0.39 is 0 Å². The third-order valence-corrected chi connectivity index (χ3v) is 2.93. The summed E-state index contributed by atoms with van der Waals surface area (Å²) in [7, 11) is 0. The summed E-state index contributed by atoms with van der Waals surface area (Å²) in [6.07, 6.45) is 1.94. The lowest BCUT2D eigenvalue weighted by atomic mass is 10.0. The monoisotopic (exact) mass is 176 g/mol. The molecule has 0 heterocycles. The minimum absolute atomic E-state index is 0.0903. The number of aliphatic hydroxyl groups is 1. The van der Waals surface area contributed by atoms with E-state index in [1.807, 2.05) is 18.7 Å². The van der Waals surface area contributed by atoms with Crippen molar-refractivity contribution >= 4 is 11.8 Å². The SMILES string of the molecule is CCSCCC(C)C(O)CC. The largest absolute Gasteiger partial charge is 0.393 e. The van der Waals surface area contributed by atoms with Crippen molar-refractivity contribution in [2.45, 2.75) is 39.7 Å². The lowest BCUT2D eigenvalue weighted by Gasteiger charge is -2.16. The highest BCUT2D eigenvalue weighted by Gasteiger charge is 2.10. The van der Waals surface area contributed by atoms with Crippen LogP contribution in [-0.4, -0.2) is 22.7 Å². The lowest BCUT2D eigenvalue weighted by Crippen LogP contribution is -2.16. The molecule has 1 nitrogen and oxygen atoms in total. The van der Waals surface area contributed by atoms with Crippen LogP contribution in [0, 0.1) is 5.92 Å². The van der Waals surface area contributed by atoms with E-state index in [0.29, 0.717) is 5.92 Å². The Morgan fingerprint density at radius 2 is 2.00 bits per heavy atom. The van der Waals surface area contributed by atoms with Crippen molar-refractivity contribution in [3.8, 4) is 0 Å². The Kier molecular flexibility index (Phi) is 7.18. The molecule has 2 heteroatoms. The summed E-state index contributed by atoms with van der Waals surface area (Å²) in [6.45, 7) is 6.34. The smallest absolute Gasteiger partial charge is 0.0563 e. The van der Waals surface area contributed by atoms with Crippen molar-refractivity contribution in [3.63, 3.8) is 0 Å². The maximum atomic E-state index is 9.42. The van der Waals surface area contributed by atoms with Crippen molar-refractivity contribution in [1.29, 1.82) is 0 Å². The second-order valence-electron chi connectivity index (χ2n) is 2.94. The van der Waals surface area contributed by atoms with Crippen LogP contribution in [0.2, 0.25) is 0 Å². The summed E-state index contributed by atoms with van der Waals surface area (Å²) in [6, 6.07) is 0. The van der Waals surface area contributed by atoms with Gasteiger partial charge in [-0.05, 0) is 30.3 Å². The normalized spacial score (nSPS) is 16.4. The van der Waals surface area contributed by atoms with E-state index in [2.05, 4.69) is 13.8 Å². The van der Waals surface area contributed by atoms with Crippen molar-refractivity contribution < 1.29 is 5.11 Å². The van der Waals surface area contributed by atoms with E-state index >= 15 is 0 Å². The molecule has 2 atom stereocenters. The van der Waals surface area contributed by atoms with Crippen molar-refractivity contribution in [3.05, 3.63) is 0 Å². The maximum absolute atomic E-state index is 9.42. The van der Waals surface area contributed by atoms with E-state index in [4.69, 9.17) is 0 Å². The molecule has 0 fully saturated rings. The average Bonchev–Trinajstić information content (AvgIpc) is 2.03. The summed E-state index contributed by atoms with van der Waals surface area (Å²) in [5.41, 5.74) is 0. The minimum Gasteiger partial charge on any atom is -0.393 e. The van der Waals surface area contributed by atoms with Crippen molar-refractivity contribution in [2.75, 3.05) is 11.5 Å². The van der Waals surface area contributed by atoms with Crippen molar-refractivity contribution in [1.82, 2.24) is 0 Å². The van der Waals surface area contributed by atoms with Gasteiger partial charge in [0.05, 0.1) is 6.10 Å². The van der Waals surface area contributed by atoms with Gasteiger partial charge in [0.1, 0.15) is 0 Å². The van der Waals surface area contributed by atoms with Crippen LogP contribution >= 0.6 is 11.8 Å². The molecule has 0 saturated heterocycles. The zero-order valence-electron chi connectivity index (χ0n) is 7.84. The standard InChI is InChI=1S/C9H20OS/c1-4-9(10)8(3)6-7-11-5-2/h8-10H,4-7H2,1-3H3. The predicted octanol–water partition coefficient (Wildman–Crippen LogP) is 2.54. The molecular formula is C9H20OS. The Balaban J connectivity index is 3.28. The van der Waals surface area contributed by atoms with Gasteiger partial charge in [0, 0.05) is 0 Å². The fraction of sp³-hybridized carbons (Fsp3) is 1.00. The summed E-state index contributed by atoms with van der Waals surface area (Å²) in [5.74, 6) is 2.85. The average molecular weight is 176 g/mol. The molecule has 0 spiro atoms. The molecule has 0 bridgehead atoms. The quantitative estimate of drug-likeness (QED) is 0.628. The van der Waals surface area contributed by atoms with Crippen LogP contribution in [0.4, 0.5) is 0 Å². The van der Waals surface area contributed by atoms with E-state index in [1.54, 1.807) is 0 Å². The van der Waals surface area contributed by atoms with Crippen LogP contribution in [0.25, 0.3) is 0 Å². The Hall–Kier alpha value is 0.310. The van der Waals surface area contributed by atoms with Crippen LogP contribution in [0.5, 0.6) is 0 Å². The molecule has 1 N–H and O–H groups in total. The van der Waals surface area contributed by atoms with Gasteiger partial charge in [-0.1, -0.05) is 20.8 Å². The van der Waals surface area contributed by atoms with Gasteiger partial charge >= 0.3 is 0 Å². The zero-order chi connectivity index (χ0) is 8.69. The van der Waals surface area contributed by atoms with E-state index in [-0.39, 0.29) is 6.10 Å². The van der Waals surface area contributed by atoms with Crippen LogP contribution in [0.1, 0.15) is 33.6 Å². The molecular weight excluding hydrogens is 156 g/mol. The zero-order valence-corrected chi connectivity index (χ0v) is 8.66. The van der Waals surface area contributed by atoms with Crippen LogP contribution in [-0.2, 0) is 0 Å². The van der Waals surface area contributed by atoms with E-state index in [0.717, 1.165) is 12.8 Å². The molecule has 0 rings (SSSR count). The lowest BCUT2D eigenvalue weighted by molar-refractivity contribution is 0.111. The number of hydrogen-bond donors (Lipinski definition) is 1. The van der Waals surface area contributed by atoms with Crippen LogP contribution in [0.3, 0.4) is 0 Å². The minimum atomic E-state index is -0.0903. The molecule has 0 aromatic carbocycles. The third kappa shape index (κ3) is 5.57. The molecule has 68 valence electrons. The molecule has 0 aliphatic carbocycles. The fourth-order valence-electron chi connectivity index (χ4n) is 1.01. The molecule has 2 unspecified atom stereocenters. The first kappa shape index (κ1) is 11.3. The first-order valence-electron chi connectivity index (χ1n) is 4.48. The summed E-state index contributed by atoms with van der Waals surface area (Å²) in [5, 5.41) is 9.42. The van der Waals surface area contributed by atoms with Crippen molar-refractivity contribution in [2.24, 2.45) is 5.92 Å². The highest BCUT2D eigenvalue weighted by molar-refractivity contribution is 7.99. The molecule has 0 aliphatic rings. The predicted molar refractivity (Wildman–Crippen MR) is 53.1 cm³/mol. The van der Waals surface area contributed by atoms with Gasteiger partial charge in [0.25, 0.3) is 0 Å². The van der Waals surface area contributed by atoms with Crippen LogP contribution in [0.15, 0.2) is 0 Å². The van der Waals surface area contributed by atoms with Crippen LogP contribution < -0.4 is 0 Å². The molecule has 0 radical (unpaired) electrons. The summed E-state index contributed by atoms with van der Waals surface area (Å²) >= 11 is 1.95. The summed E-state index contributed by atoms with van der Waals surface area (Å²) in [4.78, 5) is 0. The second kappa shape index (κ2) is 6.99. The number of rotatable bonds is 6. The number of thioether (sulfide) groups is 1. The van der Waals surface area contributed by atoms with Gasteiger partial charge in [0.2, 0.25) is 0 Å². The Bertz CT molecular complexity index is 85.6. The molecule has 11 heavy (non-hydrogen) atoms. The second-order valence-corrected chi connectivity index (χ2v) is 4.33. The van der Waals surface area contributed by atoms with E-state index in [9.17, 15) is 5.11 Å². The highest BCUT2D eigenvalue weighted by Crippen LogP contribution is 2.14. The molecule has 0 aromatic heterocycles. The Labute approximate surface area is 74.6 Å². The first-order chi connectivity index (χ1) is 5.22. The molecule has 0 aliphatic heterocycles. The number of hydrogen-bond acceptors (Lipinski definition) is 2. The Morgan fingerprint density at radius 1 is 1.36 bits per heavy atom. The topological polar surface area (TPSA) is 20.2 Å². The molecule has 0 amide bonds. The maximum Gasteiger partial charge on any atom is 0.0563 e. The first-order valence-corrected chi connectivity index (χ1v) is 5.63. The van der Waals surface area contributed by atoms with Gasteiger partial charge < -0.3 is 5.11 Å². The fourth-order valence-corrected chi connectivity index (χ4v) is 1.84. The van der Waals surface area contributed by atoms with Gasteiger partial charge in [-0.15, -0.1) is 0 Å². The summed E-state index contributed by atoms with van der Waals surface area (Å²) < 4.78 is 0. The van der Waals surface area contributed by atoms with Gasteiger partial charge in [0.15, 0.2) is 0 Å². The molecule has 0 aromatic rings. The Morgan fingerprint density at radius 3 is 2.45 bits per heavy atom. The highest BCUT2D eigenvalue weighted by atomic mass is 32.2. The van der Waals surface area contributed by atoms with Gasteiger partial charge in [-0.2, -0.15) is 11.8 Å².